The van der Waals surface area contributed by atoms with E-state index in [4.69, 9.17) is 16.3 Å². The highest BCUT2D eigenvalue weighted by atomic mass is 35.5. The van der Waals surface area contributed by atoms with E-state index >= 15 is 0 Å². The number of hydrogen-bond donors (Lipinski definition) is 1. The Hall–Kier alpha value is -1.38. The van der Waals surface area contributed by atoms with E-state index in [1.165, 1.54) is 12.1 Å². The van der Waals surface area contributed by atoms with Crippen LogP contribution < -0.4 is 4.74 Å². The van der Waals surface area contributed by atoms with Crippen molar-refractivity contribution in [2.24, 2.45) is 0 Å². The molecule has 0 bridgehead atoms. The van der Waals surface area contributed by atoms with E-state index in [1.807, 2.05) is 0 Å². The Morgan fingerprint density at radius 2 is 2.11 bits per heavy atom. The summed E-state index contributed by atoms with van der Waals surface area (Å²) in [6.07, 6.45) is -2.23. The average Bonchev–Trinajstić information content (AvgIpc) is 2.51. The van der Waals surface area contributed by atoms with Crippen molar-refractivity contribution in [1.82, 2.24) is 0 Å². The molecule has 0 saturated carbocycles. The summed E-state index contributed by atoms with van der Waals surface area (Å²) in [6.45, 7) is 0. The Kier molecular flexibility index (Phi) is 3.66. The lowest BCUT2D eigenvalue weighted by atomic mass is 10.2. The number of sulfone groups is 1. The molecule has 1 aliphatic heterocycles. The molecule has 0 spiro atoms. The fourth-order valence-electron chi connectivity index (χ4n) is 1.81. The molecule has 2 rings (SSSR count). The van der Waals surface area contributed by atoms with Crippen LogP contribution in [0.15, 0.2) is 18.2 Å². The van der Waals surface area contributed by atoms with Crippen LogP contribution in [0.1, 0.15) is 0 Å². The lowest BCUT2D eigenvalue weighted by Crippen LogP contribution is -2.30. The molecule has 0 radical (unpaired) electrons. The maximum atomic E-state index is 11.3. The highest BCUT2D eigenvalue weighted by molar-refractivity contribution is 7.91. The summed E-state index contributed by atoms with van der Waals surface area (Å²) in [7, 11) is -3.39. The Morgan fingerprint density at radius 1 is 1.42 bits per heavy atom. The number of hydrogen-bond acceptors (Lipinski definition) is 6. The molecule has 1 aliphatic rings. The van der Waals surface area contributed by atoms with Gasteiger partial charge < -0.3 is 9.84 Å². The molecule has 1 aromatic rings. The lowest BCUT2D eigenvalue weighted by Gasteiger charge is -2.15. The number of benzene rings is 1. The maximum Gasteiger partial charge on any atom is 0.311 e. The van der Waals surface area contributed by atoms with Crippen LogP contribution in [0.25, 0.3) is 0 Å². The number of nitro groups is 1. The molecule has 19 heavy (non-hydrogen) atoms. The molecule has 9 heteroatoms. The molecule has 104 valence electrons. The summed E-state index contributed by atoms with van der Waals surface area (Å²) < 4.78 is 27.9. The van der Waals surface area contributed by atoms with Crippen LogP contribution in [0.4, 0.5) is 5.69 Å². The first-order chi connectivity index (χ1) is 8.78. The second-order valence-corrected chi connectivity index (χ2v) is 6.76. The Balaban J connectivity index is 2.29. The van der Waals surface area contributed by atoms with Gasteiger partial charge in [-0.05, 0) is 6.07 Å². The minimum absolute atomic E-state index is 0.154. The predicted octanol–water partition coefficient (Wildman–Crippen LogP) is 0.785. The monoisotopic (exact) mass is 307 g/mol. The van der Waals surface area contributed by atoms with Crippen LogP contribution in [0, 0.1) is 10.1 Å². The van der Waals surface area contributed by atoms with Crippen molar-refractivity contribution in [1.29, 1.82) is 0 Å². The summed E-state index contributed by atoms with van der Waals surface area (Å²) in [4.78, 5) is 10.2. The van der Waals surface area contributed by atoms with Crippen LogP contribution in [0.2, 0.25) is 5.02 Å². The van der Waals surface area contributed by atoms with Crippen molar-refractivity contribution in [2.75, 3.05) is 11.5 Å². The smallest absolute Gasteiger partial charge is 0.311 e. The van der Waals surface area contributed by atoms with Gasteiger partial charge in [-0.2, -0.15) is 0 Å². The van der Waals surface area contributed by atoms with Gasteiger partial charge in [0.1, 0.15) is 12.2 Å². The van der Waals surface area contributed by atoms with Gasteiger partial charge in [0.05, 0.1) is 16.4 Å². The normalized spacial score (nSPS) is 25.2. The third kappa shape index (κ3) is 3.14. The van der Waals surface area contributed by atoms with E-state index in [0.29, 0.717) is 0 Å². The first kappa shape index (κ1) is 14.0. The van der Waals surface area contributed by atoms with Crippen LogP contribution in [0.5, 0.6) is 5.75 Å². The Morgan fingerprint density at radius 3 is 2.63 bits per heavy atom. The van der Waals surface area contributed by atoms with Crippen LogP contribution in [-0.4, -0.2) is 42.2 Å². The van der Waals surface area contributed by atoms with Crippen molar-refractivity contribution in [2.45, 2.75) is 12.2 Å². The number of aliphatic hydroxyl groups is 1. The van der Waals surface area contributed by atoms with Crippen LogP contribution >= 0.6 is 11.6 Å². The molecule has 1 heterocycles. The Bertz CT molecular complexity index is 616. The van der Waals surface area contributed by atoms with Gasteiger partial charge in [0, 0.05) is 17.2 Å². The quantitative estimate of drug-likeness (QED) is 0.653. The van der Waals surface area contributed by atoms with E-state index in [2.05, 4.69) is 0 Å². The zero-order valence-electron chi connectivity index (χ0n) is 9.52. The zero-order chi connectivity index (χ0) is 14.2. The largest absolute Gasteiger partial charge is 0.480 e. The maximum absolute atomic E-state index is 11.3. The summed E-state index contributed by atoms with van der Waals surface area (Å²) in [6, 6.07) is 3.71. The second-order valence-electron chi connectivity index (χ2n) is 4.17. The molecule has 2 atom stereocenters. The molecule has 2 unspecified atom stereocenters. The molecule has 1 fully saturated rings. The lowest BCUT2D eigenvalue weighted by molar-refractivity contribution is -0.386. The number of aliphatic hydroxyl groups excluding tert-OH is 1. The van der Waals surface area contributed by atoms with Crippen LogP contribution in [0.3, 0.4) is 0 Å². The second kappa shape index (κ2) is 4.95. The molecule has 1 N–H and O–H groups in total. The fraction of sp³-hybridized carbons (Fsp3) is 0.400. The van der Waals surface area contributed by atoms with Crippen molar-refractivity contribution in [3.63, 3.8) is 0 Å². The molecule has 0 aliphatic carbocycles. The van der Waals surface area contributed by atoms with Crippen molar-refractivity contribution >= 4 is 27.1 Å². The standard InChI is InChI=1S/C10H10ClNO6S/c11-6-1-2-7(12(14)15)9(3-6)18-10-5-19(16,17)4-8(10)13/h1-3,8,10,13H,4-5H2. The van der Waals surface area contributed by atoms with Gasteiger partial charge in [0.15, 0.2) is 15.6 Å². The molecule has 0 amide bonds. The van der Waals surface area contributed by atoms with E-state index in [-0.39, 0.29) is 22.2 Å². The topological polar surface area (TPSA) is 107 Å². The van der Waals surface area contributed by atoms with E-state index in [1.54, 1.807) is 0 Å². The van der Waals surface area contributed by atoms with Gasteiger partial charge in [-0.3, -0.25) is 10.1 Å². The average molecular weight is 308 g/mol. The van der Waals surface area contributed by atoms with E-state index in [9.17, 15) is 23.6 Å². The summed E-state index contributed by atoms with van der Waals surface area (Å²) in [5.41, 5.74) is -0.333. The number of halogens is 1. The first-order valence-corrected chi connectivity index (χ1v) is 7.47. The van der Waals surface area contributed by atoms with E-state index in [0.717, 1.165) is 6.07 Å². The number of nitro benzene ring substituents is 1. The molecule has 0 aromatic heterocycles. The molecular formula is C10H10ClNO6S. The molecule has 7 nitrogen and oxygen atoms in total. The van der Waals surface area contributed by atoms with E-state index < -0.39 is 32.7 Å². The number of nitrogens with zero attached hydrogens (tertiary/aromatic N) is 1. The molecule has 1 saturated heterocycles. The summed E-state index contributed by atoms with van der Waals surface area (Å²) in [5.74, 6) is -0.942. The minimum Gasteiger partial charge on any atom is -0.480 e. The highest BCUT2D eigenvalue weighted by Crippen LogP contribution is 2.32. The molecule has 1 aromatic carbocycles. The van der Waals surface area contributed by atoms with Crippen LogP contribution in [-0.2, 0) is 9.84 Å². The highest BCUT2D eigenvalue weighted by Gasteiger charge is 2.39. The number of rotatable bonds is 3. The van der Waals surface area contributed by atoms with Gasteiger partial charge in [-0.25, -0.2) is 8.42 Å². The summed E-state index contributed by atoms with van der Waals surface area (Å²) >= 11 is 5.72. The van der Waals surface area contributed by atoms with Gasteiger partial charge >= 0.3 is 5.69 Å². The van der Waals surface area contributed by atoms with Gasteiger partial charge in [-0.15, -0.1) is 0 Å². The summed E-state index contributed by atoms with van der Waals surface area (Å²) in [5, 5.41) is 20.6. The van der Waals surface area contributed by atoms with Crippen molar-refractivity contribution < 1.29 is 23.2 Å². The predicted molar refractivity (Wildman–Crippen MR) is 67.2 cm³/mol. The first-order valence-electron chi connectivity index (χ1n) is 5.27. The number of ether oxygens (including phenoxy) is 1. The third-order valence-corrected chi connectivity index (χ3v) is 4.59. The molecular weight excluding hydrogens is 298 g/mol. The van der Waals surface area contributed by atoms with Crippen molar-refractivity contribution in [3.8, 4) is 5.75 Å². The van der Waals surface area contributed by atoms with Gasteiger partial charge in [0.25, 0.3) is 0 Å². The van der Waals surface area contributed by atoms with Gasteiger partial charge in [0.2, 0.25) is 0 Å². The third-order valence-electron chi connectivity index (χ3n) is 2.67. The van der Waals surface area contributed by atoms with Crippen molar-refractivity contribution in [3.05, 3.63) is 33.3 Å². The minimum atomic E-state index is -3.39. The van der Waals surface area contributed by atoms with Gasteiger partial charge in [-0.1, -0.05) is 11.6 Å². The Labute approximate surface area is 113 Å². The fourth-order valence-corrected chi connectivity index (χ4v) is 3.63. The zero-order valence-corrected chi connectivity index (χ0v) is 11.1. The SMILES string of the molecule is O=[N+]([O-])c1ccc(Cl)cc1OC1CS(=O)(=O)CC1O.